The smallest absolute Gasteiger partial charge is 0.408 e. The molecule has 1 heterocycles. The zero-order valence-corrected chi connectivity index (χ0v) is 16.3. The number of carbonyl (C=O) groups is 3. The van der Waals surface area contributed by atoms with Crippen molar-refractivity contribution in [2.45, 2.75) is 39.0 Å². The zero-order chi connectivity index (χ0) is 20.2. The van der Waals surface area contributed by atoms with Gasteiger partial charge in [-0.1, -0.05) is 30.8 Å². The summed E-state index contributed by atoms with van der Waals surface area (Å²) in [5.41, 5.74) is 1.31. The van der Waals surface area contributed by atoms with E-state index in [9.17, 15) is 14.4 Å². The Labute approximate surface area is 160 Å². The second-order valence-electron chi connectivity index (χ2n) is 7.57. The summed E-state index contributed by atoms with van der Waals surface area (Å²) in [6.07, 6.45) is 0.640. The van der Waals surface area contributed by atoms with Crippen LogP contribution in [-0.4, -0.2) is 53.4 Å². The number of likely N-dealkylation sites (N-methyl/N-ethyl adjacent to an activating group) is 1. The SMILES string of the molecule is C=CC(=O)N(C)CC(=O)N1Cc2ccccc2C(NC(=O)OC(C)(C)C)C1. The van der Waals surface area contributed by atoms with Gasteiger partial charge in [-0.3, -0.25) is 9.59 Å². The van der Waals surface area contributed by atoms with Gasteiger partial charge in [0, 0.05) is 20.1 Å². The highest BCUT2D eigenvalue weighted by Gasteiger charge is 2.30. The number of ether oxygens (including phenoxy) is 1. The van der Waals surface area contributed by atoms with Gasteiger partial charge in [-0.25, -0.2) is 4.79 Å². The van der Waals surface area contributed by atoms with Crippen molar-refractivity contribution in [3.05, 3.63) is 48.0 Å². The van der Waals surface area contributed by atoms with E-state index in [0.29, 0.717) is 13.1 Å². The quantitative estimate of drug-likeness (QED) is 0.821. The van der Waals surface area contributed by atoms with E-state index >= 15 is 0 Å². The van der Waals surface area contributed by atoms with Gasteiger partial charge in [-0.15, -0.1) is 0 Å². The van der Waals surface area contributed by atoms with Gasteiger partial charge in [0.2, 0.25) is 11.8 Å². The minimum absolute atomic E-state index is 0.0494. The third kappa shape index (κ3) is 5.57. The van der Waals surface area contributed by atoms with Gasteiger partial charge in [0.25, 0.3) is 0 Å². The van der Waals surface area contributed by atoms with Crippen molar-refractivity contribution in [1.29, 1.82) is 0 Å². The second kappa shape index (κ2) is 8.24. The van der Waals surface area contributed by atoms with Crippen LogP contribution in [-0.2, 0) is 20.9 Å². The van der Waals surface area contributed by atoms with E-state index in [1.807, 2.05) is 24.3 Å². The van der Waals surface area contributed by atoms with Crippen LogP contribution in [0.2, 0.25) is 0 Å². The van der Waals surface area contributed by atoms with Gasteiger partial charge < -0.3 is 19.9 Å². The van der Waals surface area contributed by atoms with Crippen molar-refractivity contribution in [2.24, 2.45) is 0 Å². The van der Waals surface area contributed by atoms with Crippen LogP contribution in [0.3, 0.4) is 0 Å². The highest BCUT2D eigenvalue weighted by Crippen LogP contribution is 2.27. The normalized spacial score (nSPS) is 16.1. The molecule has 1 aliphatic heterocycles. The molecule has 3 amide bonds. The first-order chi connectivity index (χ1) is 12.6. The Kier molecular flexibility index (Phi) is 6.25. The standard InChI is InChI=1S/C20H27N3O4/c1-6-17(24)22(5)13-18(25)23-11-14-9-7-8-10-15(14)16(12-23)21-19(26)27-20(2,3)4/h6-10,16H,1,11-13H2,2-5H3,(H,21,26). The Balaban J connectivity index is 2.15. The number of fused-ring (bicyclic) bond motifs is 1. The zero-order valence-electron chi connectivity index (χ0n) is 16.3. The molecular formula is C20H27N3O4. The summed E-state index contributed by atoms with van der Waals surface area (Å²) in [6.45, 7) is 9.50. The van der Waals surface area contributed by atoms with Crippen LogP contribution in [0.5, 0.6) is 0 Å². The molecule has 7 nitrogen and oxygen atoms in total. The summed E-state index contributed by atoms with van der Waals surface area (Å²) in [7, 11) is 1.55. The van der Waals surface area contributed by atoms with E-state index < -0.39 is 11.7 Å². The highest BCUT2D eigenvalue weighted by atomic mass is 16.6. The van der Waals surface area contributed by atoms with E-state index in [1.54, 1.807) is 32.7 Å². The average molecular weight is 373 g/mol. The molecule has 0 spiro atoms. The fourth-order valence-corrected chi connectivity index (χ4v) is 2.91. The molecule has 1 atom stereocenters. The topological polar surface area (TPSA) is 79.0 Å². The molecule has 0 saturated heterocycles. The lowest BCUT2D eigenvalue weighted by Gasteiger charge is -2.36. The van der Waals surface area contributed by atoms with Crippen LogP contribution in [0.1, 0.15) is 37.9 Å². The number of benzene rings is 1. The molecule has 2 rings (SSSR count). The lowest BCUT2D eigenvalue weighted by atomic mass is 9.95. The van der Waals surface area contributed by atoms with E-state index in [4.69, 9.17) is 4.74 Å². The molecule has 0 aliphatic carbocycles. The maximum Gasteiger partial charge on any atom is 0.408 e. The Bertz CT molecular complexity index is 739. The van der Waals surface area contributed by atoms with E-state index in [-0.39, 0.29) is 24.4 Å². The summed E-state index contributed by atoms with van der Waals surface area (Å²) < 4.78 is 5.34. The number of alkyl carbamates (subject to hydrolysis) is 1. The van der Waals surface area contributed by atoms with Gasteiger partial charge in [-0.05, 0) is 38.0 Å². The summed E-state index contributed by atoms with van der Waals surface area (Å²) >= 11 is 0. The first-order valence-corrected chi connectivity index (χ1v) is 8.83. The largest absolute Gasteiger partial charge is 0.444 e. The van der Waals surface area contributed by atoms with Crippen LogP contribution >= 0.6 is 0 Å². The fourth-order valence-electron chi connectivity index (χ4n) is 2.91. The van der Waals surface area contributed by atoms with E-state index in [2.05, 4.69) is 11.9 Å². The second-order valence-corrected chi connectivity index (χ2v) is 7.57. The minimum Gasteiger partial charge on any atom is -0.444 e. The predicted octanol–water partition coefficient (Wildman–Crippen LogP) is 2.24. The van der Waals surface area contributed by atoms with E-state index in [1.165, 1.54) is 11.0 Å². The predicted molar refractivity (Wildman–Crippen MR) is 102 cm³/mol. The van der Waals surface area contributed by atoms with Gasteiger partial charge in [-0.2, -0.15) is 0 Å². The number of hydrogen-bond donors (Lipinski definition) is 1. The molecule has 146 valence electrons. The Morgan fingerprint density at radius 2 is 2.00 bits per heavy atom. The first kappa shape index (κ1) is 20.5. The highest BCUT2D eigenvalue weighted by molar-refractivity contribution is 5.90. The maximum absolute atomic E-state index is 12.7. The fraction of sp³-hybridized carbons (Fsp3) is 0.450. The Hall–Kier alpha value is -2.83. The van der Waals surface area contributed by atoms with Crippen molar-refractivity contribution in [2.75, 3.05) is 20.1 Å². The van der Waals surface area contributed by atoms with Crippen molar-refractivity contribution in [3.63, 3.8) is 0 Å². The number of nitrogens with one attached hydrogen (secondary N) is 1. The van der Waals surface area contributed by atoms with Gasteiger partial charge in [0.1, 0.15) is 5.60 Å². The van der Waals surface area contributed by atoms with Crippen LogP contribution in [0.15, 0.2) is 36.9 Å². The maximum atomic E-state index is 12.7. The minimum atomic E-state index is -0.610. The molecule has 7 heteroatoms. The van der Waals surface area contributed by atoms with Crippen LogP contribution < -0.4 is 5.32 Å². The molecule has 1 N–H and O–H groups in total. The van der Waals surface area contributed by atoms with Crippen LogP contribution in [0.4, 0.5) is 4.79 Å². The Morgan fingerprint density at radius 3 is 2.63 bits per heavy atom. The van der Waals surface area contributed by atoms with Crippen molar-refractivity contribution >= 4 is 17.9 Å². The molecule has 1 unspecified atom stereocenters. The molecule has 0 aromatic heterocycles. The first-order valence-electron chi connectivity index (χ1n) is 8.83. The van der Waals surface area contributed by atoms with Crippen molar-refractivity contribution in [3.8, 4) is 0 Å². The number of rotatable bonds is 4. The lowest BCUT2D eigenvalue weighted by Crippen LogP contribution is -2.48. The molecule has 27 heavy (non-hydrogen) atoms. The molecule has 0 bridgehead atoms. The molecule has 0 radical (unpaired) electrons. The number of carbonyl (C=O) groups excluding carboxylic acids is 3. The summed E-state index contributed by atoms with van der Waals surface area (Å²) in [4.78, 5) is 39.5. The average Bonchev–Trinajstić information content (AvgIpc) is 2.59. The molecule has 1 aliphatic rings. The van der Waals surface area contributed by atoms with Gasteiger partial charge >= 0.3 is 6.09 Å². The van der Waals surface area contributed by atoms with Crippen LogP contribution in [0.25, 0.3) is 0 Å². The monoisotopic (exact) mass is 373 g/mol. The van der Waals surface area contributed by atoms with Crippen LogP contribution in [0, 0.1) is 0 Å². The molecule has 0 saturated carbocycles. The van der Waals surface area contributed by atoms with Crippen molar-refractivity contribution in [1.82, 2.24) is 15.1 Å². The third-order valence-electron chi connectivity index (χ3n) is 4.16. The molecule has 1 aromatic rings. The van der Waals surface area contributed by atoms with E-state index in [0.717, 1.165) is 11.1 Å². The third-order valence-corrected chi connectivity index (χ3v) is 4.16. The summed E-state index contributed by atoms with van der Waals surface area (Å²) in [5, 5.41) is 2.85. The number of hydrogen-bond acceptors (Lipinski definition) is 4. The lowest BCUT2D eigenvalue weighted by molar-refractivity contribution is -0.138. The number of amides is 3. The molecule has 0 fully saturated rings. The summed E-state index contributed by atoms with van der Waals surface area (Å²) in [6, 6.07) is 7.28. The van der Waals surface area contributed by atoms with Gasteiger partial charge in [0.15, 0.2) is 0 Å². The summed E-state index contributed by atoms with van der Waals surface area (Å²) in [5.74, 6) is -0.512. The van der Waals surface area contributed by atoms with Gasteiger partial charge in [0.05, 0.1) is 12.6 Å². The van der Waals surface area contributed by atoms with Crippen molar-refractivity contribution < 1.29 is 19.1 Å². The molecular weight excluding hydrogens is 346 g/mol. The Morgan fingerprint density at radius 1 is 1.33 bits per heavy atom. The number of nitrogens with zero attached hydrogens (tertiary/aromatic N) is 2. The molecule has 1 aromatic carbocycles.